The molecule has 0 aliphatic heterocycles. The first-order chi connectivity index (χ1) is 6.22. The van der Waals surface area contributed by atoms with E-state index in [2.05, 4.69) is 5.43 Å². The van der Waals surface area contributed by atoms with Crippen LogP contribution in [0, 0.1) is 10.1 Å². The lowest BCUT2D eigenvalue weighted by Crippen LogP contribution is -2.08. The van der Waals surface area contributed by atoms with Crippen molar-refractivity contribution in [3.63, 3.8) is 0 Å². The van der Waals surface area contributed by atoms with Crippen molar-refractivity contribution in [1.82, 2.24) is 0 Å². The SMILES string of the molecule is NCCc1ccc(N[N+](=O)[O-])cc1. The average Bonchev–Trinajstić information content (AvgIpc) is 2.08. The predicted octanol–water partition coefficient (Wildman–Crippen LogP) is 0.791. The number of hydrogen-bond acceptors (Lipinski definition) is 3. The molecule has 5 heteroatoms. The van der Waals surface area contributed by atoms with Crippen LogP contribution in [0.15, 0.2) is 24.3 Å². The van der Waals surface area contributed by atoms with Gasteiger partial charge in [0.25, 0.3) is 0 Å². The van der Waals surface area contributed by atoms with E-state index in [4.69, 9.17) is 5.73 Å². The molecule has 0 aliphatic carbocycles. The van der Waals surface area contributed by atoms with Gasteiger partial charge in [0.1, 0.15) is 5.69 Å². The zero-order valence-electron chi connectivity index (χ0n) is 7.06. The van der Waals surface area contributed by atoms with Crippen molar-refractivity contribution < 1.29 is 5.03 Å². The Morgan fingerprint density at radius 2 is 2.00 bits per heavy atom. The van der Waals surface area contributed by atoms with Crippen LogP contribution in [0.3, 0.4) is 0 Å². The molecule has 0 aliphatic rings. The van der Waals surface area contributed by atoms with Crippen molar-refractivity contribution >= 4 is 5.69 Å². The molecule has 1 rings (SSSR count). The normalized spacial score (nSPS) is 9.62. The van der Waals surface area contributed by atoms with Crippen LogP contribution >= 0.6 is 0 Å². The molecule has 0 saturated heterocycles. The van der Waals surface area contributed by atoms with Crippen LogP contribution < -0.4 is 11.2 Å². The van der Waals surface area contributed by atoms with Crippen molar-refractivity contribution in [2.75, 3.05) is 12.0 Å². The summed E-state index contributed by atoms with van der Waals surface area (Å²) in [6.45, 7) is 0.585. The lowest BCUT2D eigenvalue weighted by atomic mass is 10.1. The summed E-state index contributed by atoms with van der Waals surface area (Å²) in [5.41, 5.74) is 8.98. The summed E-state index contributed by atoms with van der Waals surface area (Å²) in [6, 6.07) is 6.96. The van der Waals surface area contributed by atoms with Crippen LogP contribution in [0.25, 0.3) is 0 Å². The van der Waals surface area contributed by atoms with Crippen LogP contribution in [0.2, 0.25) is 0 Å². The topological polar surface area (TPSA) is 81.2 Å². The number of nitrogens with two attached hydrogens (primary N) is 1. The van der Waals surface area contributed by atoms with Gasteiger partial charge in [-0.15, -0.1) is 5.43 Å². The molecule has 0 aromatic heterocycles. The summed E-state index contributed by atoms with van der Waals surface area (Å²) in [6.07, 6.45) is 0.790. The molecular weight excluding hydrogens is 170 g/mol. The quantitative estimate of drug-likeness (QED) is 0.531. The van der Waals surface area contributed by atoms with Gasteiger partial charge in [0.15, 0.2) is 5.03 Å². The molecule has 1 aromatic rings. The Balaban J connectivity index is 2.64. The largest absolute Gasteiger partial charge is 0.330 e. The van der Waals surface area contributed by atoms with E-state index >= 15 is 0 Å². The Labute approximate surface area is 75.7 Å². The summed E-state index contributed by atoms with van der Waals surface area (Å²) < 4.78 is 0. The van der Waals surface area contributed by atoms with Gasteiger partial charge in [0, 0.05) is 0 Å². The smallest absolute Gasteiger partial charge is 0.162 e. The number of nitro groups is 1. The number of hydrazine groups is 1. The average molecular weight is 181 g/mol. The van der Waals surface area contributed by atoms with Gasteiger partial charge in [0.2, 0.25) is 0 Å². The summed E-state index contributed by atoms with van der Waals surface area (Å²) in [4.78, 5) is 10.1. The highest BCUT2D eigenvalue weighted by atomic mass is 16.7. The van der Waals surface area contributed by atoms with E-state index in [0.29, 0.717) is 12.2 Å². The fraction of sp³-hybridized carbons (Fsp3) is 0.250. The number of nitrogens with zero attached hydrogens (tertiary/aromatic N) is 1. The van der Waals surface area contributed by atoms with Crippen LogP contribution in [0.1, 0.15) is 5.56 Å². The molecule has 1 aromatic carbocycles. The van der Waals surface area contributed by atoms with E-state index in [1.165, 1.54) is 0 Å². The first-order valence-corrected chi connectivity index (χ1v) is 3.92. The van der Waals surface area contributed by atoms with E-state index in [1.54, 1.807) is 12.1 Å². The van der Waals surface area contributed by atoms with E-state index in [-0.39, 0.29) is 0 Å². The van der Waals surface area contributed by atoms with Gasteiger partial charge < -0.3 is 5.73 Å². The number of nitrogens with one attached hydrogen (secondary N) is 1. The predicted molar refractivity (Wildman–Crippen MR) is 49.8 cm³/mol. The second-order valence-corrected chi connectivity index (χ2v) is 2.60. The van der Waals surface area contributed by atoms with Crippen molar-refractivity contribution in [3.05, 3.63) is 39.9 Å². The molecule has 0 spiro atoms. The van der Waals surface area contributed by atoms with E-state index < -0.39 is 5.03 Å². The fourth-order valence-electron chi connectivity index (χ4n) is 1.02. The highest BCUT2D eigenvalue weighted by Gasteiger charge is 1.97. The second kappa shape index (κ2) is 4.42. The standard InChI is InChI=1S/C8H11N3O2/c9-6-5-7-1-3-8(4-2-7)10-11(12)13/h1-4,10H,5-6,9H2. The molecule has 0 amide bonds. The molecular formula is C8H11N3O2. The Morgan fingerprint density at radius 3 is 2.46 bits per heavy atom. The van der Waals surface area contributed by atoms with Gasteiger partial charge in [-0.3, -0.25) is 0 Å². The monoisotopic (exact) mass is 181 g/mol. The molecule has 0 atom stereocenters. The van der Waals surface area contributed by atoms with Crippen LogP contribution in [-0.4, -0.2) is 11.6 Å². The van der Waals surface area contributed by atoms with Gasteiger partial charge in [-0.05, 0) is 30.7 Å². The first kappa shape index (κ1) is 9.47. The Morgan fingerprint density at radius 1 is 1.38 bits per heavy atom. The molecule has 3 N–H and O–H groups in total. The minimum atomic E-state index is -0.585. The molecule has 0 fully saturated rings. The van der Waals surface area contributed by atoms with Crippen LogP contribution in [-0.2, 0) is 6.42 Å². The third-order valence-corrected chi connectivity index (χ3v) is 1.61. The molecule has 0 saturated carbocycles. The molecule has 70 valence electrons. The second-order valence-electron chi connectivity index (χ2n) is 2.60. The summed E-state index contributed by atoms with van der Waals surface area (Å²) in [5, 5.41) is 9.47. The molecule has 13 heavy (non-hydrogen) atoms. The maximum atomic E-state index is 10.1. The molecule has 0 unspecified atom stereocenters. The van der Waals surface area contributed by atoms with Crippen molar-refractivity contribution in [1.29, 1.82) is 0 Å². The van der Waals surface area contributed by atoms with Gasteiger partial charge in [0.05, 0.1) is 0 Å². The Bertz CT molecular complexity index is 284. The third kappa shape index (κ3) is 3.08. The van der Waals surface area contributed by atoms with E-state index in [1.807, 2.05) is 12.1 Å². The number of anilines is 1. The third-order valence-electron chi connectivity index (χ3n) is 1.61. The summed E-state index contributed by atoms with van der Waals surface area (Å²) in [5.74, 6) is 0. The summed E-state index contributed by atoms with van der Waals surface area (Å²) >= 11 is 0. The Kier molecular flexibility index (Phi) is 3.22. The van der Waals surface area contributed by atoms with E-state index in [9.17, 15) is 10.1 Å². The highest BCUT2D eigenvalue weighted by molar-refractivity contribution is 5.42. The molecule has 0 heterocycles. The summed E-state index contributed by atoms with van der Waals surface area (Å²) in [7, 11) is 0. The molecule has 0 bridgehead atoms. The lowest BCUT2D eigenvalue weighted by Gasteiger charge is -1.99. The first-order valence-electron chi connectivity index (χ1n) is 3.92. The van der Waals surface area contributed by atoms with Crippen molar-refractivity contribution in [2.45, 2.75) is 6.42 Å². The maximum absolute atomic E-state index is 10.1. The van der Waals surface area contributed by atoms with Crippen molar-refractivity contribution in [3.8, 4) is 0 Å². The minimum absolute atomic E-state index is 0.478. The van der Waals surface area contributed by atoms with Gasteiger partial charge in [-0.1, -0.05) is 12.1 Å². The zero-order valence-corrected chi connectivity index (χ0v) is 7.06. The lowest BCUT2D eigenvalue weighted by molar-refractivity contribution is -0.445. The molecule has 0 radical (unpaired) electrons. The van der Waals surface area contributed by atoms with Crippen LogP contribution in [0.5, 0.6) is 0 Å². The van der Waals surface area contributed by atoms with E-state index in [0.717, 1.165) is 12.0 Å². The van der Waals surface area contributed by atoms with Gasteiger partial charge in [-0.2, -0.15) is 0 Å². The number of benzene rings is 1. The van der Waals surface area contributed by atoms with Gasteiger partial charge >= 0.3 is 0 Å². The van der Waals surface area contributed by atoms with Crippen LogP contribution in [0.4, 0.5) is 5.69 Å². The molecule has 5 nitrogen and oxygen atoms in total. The Hall–Kier alpha value is -1.62. The zero-order chi connectivity index (χ0) is 9.68. The van der Waals surface area contributed by atoms with Crippen molar-refractivity contribution in [2.24, 2.45) is 5.73 Å². The maximum Gasteiger partial charge on any atom is 0.162 e. The van der Waals surface area contributed by atoms with Gasteiger partial charge in [-0.25, -0.2) is 10.1 Å². The number of rotatable bonds is 4. The minimum Gasteiger partial charge on any atom is -0.330 e. The number of hydrogen-bond donors (Lipinski definition) is 2. The highest BCUT2D eigenvalue weighted by Crippen LogP contribution is 2.09. The fourth-order valence-corrected chi connectivity index (χ4v) is 1.02.